The van der Waals surface area contributed by atoms with Gasteiger partial charge in [0.15, 0.2) is 5.65 Å². The number of Topliss-reactive ketones (excluding diaryl/α,β-unsaturated/α-hetero) is 1. The first-order valence-electron chi connectivity index (χ1n) is 11.1. The Morgan fingerprint density at radius 3 is 2.51 bits per heavy atom. The molecular weight excluding hydrogens is 457 g/mol. The molecule has 3 heterocycles. The number of ketones is 1. The van der Waals surface area contributed by atoms with E-state index in [0.717, 1.165) is 27.9 Å². The highest BCUT2D eigenvalue weighted by Crippen LogP contribution is 2.19. The number of hydrogen-bond donors (Lipinski definition) is 0. The Balaban J connectivity index is 1.55. The zero-order chi connectivity index (χ0) is 25.1. The molecule has 0 N–H and O–H groups in total. The second-order valence-electron chi connectivity index (χ2n) is 8.40. The van der Waals surface area contributed by atoms with Gasteiger partial charge in [0.1, 0.15) is 5.82 Å². The summed E-state index contributed by atoms with van der Waals surface area (Å²) in [4.78, 5) is 51.4. The van der Waals surface area contributed by atoms with Crippen LogP contribution >= 0.6 is 0 Å². The third-order valence-electron chi connectivity index (χ3n) is 5.73. The van der Waals surface area contributed by atoms with Crippen molar-refractivity contribution in [2.45, 2.75) is 13.0 Å². The van der Waals surface area contributed by atoms with E-state index in [4.69, 9.17) is 4.74 Å². The Bertz CT molecular complexity index is 1260. The summed E-state index contributed by atoms with van der Waals surface area (Å²) in [6.45, 7) is 2.98. The second-order valence-corrected chi connectivity index (χ2v) is 8.40. The Hall–Kier alpha value is -3.93. The van der Waals surface area contributed by atoms with E-state index < -0.39 is 17.6 Å². The number of methoxy groups -OCH3 is 1. The molecule has 0 saturated carbocycles. The number of benzene rings is 1. The van der Waals surface area contributed by atoms with Crippen LogP contribution in [0.15, 0.2) is 30.5 Å². The molecule has 1 fully saturated rings. The fraction of sp³-hybridized carbons (Fsp3) is 0.391. The number of likely N-dealkylation sites (N-methyl/N-ethyl adjacent to an activating group) is 1. The Morgan fingerprint density at radius 2 is 1.83 bits per heavy atom. The Morgan fingerprint density at radius 1 is 1.09 bits per heavy atom. The van der Waals surface area contributed by atoms with Crippen molar-refractivity contribution >= 4 is 23.2 Å². The van der Waals surface area contributed by atoms with E-state index >= 15 is 0 Å². The summed E-state index contributed by atoms with van der Waals surface area (Å²) >= 11 is 0. The molecule has 11 nitrogen and oxygen atoms in total. The Labute approximate surface area is 201 Å². The molecule has 2 amide bonds. The van der Waals surface area contributed by atoms with Gasteiger partial charge in [-0.15, -0.1) is 0 Å². The Kier molecular flexibility index (Phi) is 7.01. The summed E-state index contributed by atoms with van der Waals surface area (Å²) in [7, 11) is 4.29. The van der Waals surface area contributed by atoms with Crippen LogP contribution in [0.5, 0.6) is 5.88 Å². The topological polar surface area (TPSA) is 113 Å². The second kappa shape index (κ2) is 10.1. The van der Waals surface area contributed by atoms with Gasteiger partial charge in [-0.2, -0.15) is 14.6 Å². The number of ether oxygens (including phenoxy) is 1. The molecule has 0 bridgehead atoms. The van der Waals surface area contributed by atoms with Gasteiger partial charge in [0.2, 0.25) is 17.4 Å². The highest BCUT2D eigenvalue weighted by atomic mass is 19.1. The van der Waals surface area contributed by atoms with Gasteiger partial charge in [-0.05, 0) is 24.1 Å². The van der Waals surface area contributed by atoms with Gasteiger partial charge < -0.3 is 14.5 Å². The minimum absolute atomic E-state index is 0.00718. The number of carbonyl (C=O) groups excluding carboxylic acids is 3. The summed E-state index contributed by atoms with van der Waals surface area (Å²) in [5.74, 6) is -2.53. The quantitative estimate of drug-likeness (QED) is 0.375. The van der Waals surface area contributed by atoms with Crippen LogP contribution in [-0.4, -0.2) is 99.3 Å². The van der Waals surface area contributed by atoms with Gasteiger partial charge in [-0.25, -0.2) is 9.37 Å². The summed E-state index contributed by atoms with van der Waals surface area (Å²) in [6.07, 6.45) is 2.02. The molecular formula is C23H26FN7O4. The van der Waals surface area contributed by atoms with Crippen molar-refractivity contribution in [1.82, 2.24) is 34.3 Å². The number of hydrogen-bond acceptors (Lipinski definition) is 8. The molecule has 0 atom stereocenters. The number of carbonyl (C=O) groups is 3. The van der Waals surface area contributed by atoms with Gasteiger partial charge in [-0.3, -0.25) is 19.3 Å². The molecule has 1 aromatic carbocycles. The van der Waals surface area contributed by atoms with Crippen molar-refractivity contribution in [2.24, 2.45) is 0 Å². The van der Waals surface area contributed by atoms with E-state index in [1.807, 2.05) is 0 Å². The molecule has 3 aromatic rings. The average Bonchev–Trinajstić information content (AvgIpc) is 3.13. The molecule has 0 unspecified atom stereocenters. The third kappa shape index (κ3) is 5.11. The zero-order valence-electron chi connectivity index (χ0n) is 19.8. The van der Waals surface area contributed by atoms with E-state index in [2.05, 4.69) is 20.0 Å². The highest BCUT2D eigenvalue weighted by molar-refractivity contribution is 6.41. The van der Waals surface area contributed by atoms with Crippen LogP contribution in [0.25, 0.3) is 5.65 Å². The van der Waals surface area contributed by atoms with E-state index in [1.165, 1.54) is 39.5 Å². The largest absolute Gasteiger partial charge is 0.479 e. The highest BCUT2D eigenvalue weighted by Gasteiger charge is 2.29. The molecule has 1 aliphatic heterocycles. The van der Waals surface area contributed by atoms with Crippen LogP contribution in [0, 0.1) is 5.82 Å². The number of fused-ring (bicyclic) bond motifs is 1. The lowest BCUT2D eigenvalue weighted by Crippen LogP contribution is -2.36. The maximum absolute atomic E-state index is 13.4. The van der Waals surface area contributed by atoms with E-state index in [9.17, 15) is 18.8 Å². The van der Waals surface area contributed by atoms with Crippen LogP contribution in [0.2, 0.25) is 0 Å². The number of halogens is 1. The average molecular weight is 484 g/mol. The van der Waals surface area contributed by atoms with Gasteiger partial charge in [-0.1, -0.05) is 12.1 Å². The molecule has 35 heavy (non-hydrogen) atoms. The van der Waals surface area contributed by atoms with Crippen LogP contribution < -0.4 is 4.74 Å². The fourth-order valence-corrected chi connectivity index (χ4v) is 3.87. The monoisotopic (exact) mass is 483 g/mol. The van der Waals surface area contributed by atoms with Crippen LogP contribution in [0.4, 0.5) is 4.39 Å². The van der Waals surface area contributed by atoms with Crippen LogP contribution in [-0.2, 0) is 11.3 Å². The number of imidazole rings is 1. The lowest BCUT2D eigenvalue weighted by molar-refractivity contribution is -0.124. The smallest absolute Gasteiger partial charge is 0.297 e. The van der Waals surface area contributed by atoms with Gasteiger partial charge in [0, 0.05) is 46.8 Å². The lowest BCUT2D eigenvalue weighted by Gasteiger charge is -2.22. The van der Waals surface area contributed by atoms with Crippen molar-refractivity contribution in [1.29, 1.82) is 0 Å². The molecule has 1 aliphatic rings. The van der Waals surface area contributed by atoms with Crippen molar-refractivity contribution in [3.63, 3.8) is 0 Å². The molecule has 0 radical (unpaired) electrons. The number of aromatic nitrogens is 4. The molecule has 1 saturated heterocycles. The maximum atomic E-state index is 13.4. The summed E-state index contributed by atoms with van der Waals surface area (Å²) < 4.78 is 19.6. The molecule has 0 aliphatic carbocycles. The van der Waals surface area contributed by atoms with Crippen LogP contribution in [0.1, 0.15) is 33.1 Å². The zero-order valence-corrected chi connectivity index (χ0v) is 19.8. The van der Waals surface area contributed by atoms with E-state index in [0.29, 0.717) is 26.2 Å². The summed E-state index contributed by atoms with van der Waals surface area (Å²) in [6, 6.07) is 6.38. The lowest BCUT2D eigenvalue weighted by atomic mass is 10.2. The van der Waals surface area contributed by atoms with Gasteiger partial charge >= 0.3 is 0 Å². The number of rotatable bonds is 6. The predicted octanol–water partition coefficient (Wildman–Crippen LogP) is 0.891. The summed E-state index contributed by atoms with van der Waals surface area (Å²) in [5.41, 5.74) is 1.10. The van der Waals surface area contributed by atoms with Crippen molar-refractivity contribution in [3.05, 3.63) is 53.4 Å². The minimum atomic E-state index is -0.862. The maximum Gasteiger partial charge on any atom is 0.297 e. The van der Waals surface area contributed by atoms with Gasteiger partial charge in [0.25, 0.3) is 17.6 Å². The first kappa shape index (κ1) is 24.2. The van der Waals surface area contributed by atoms with E-state index in [-0.39, 0.29) is 28.9 Å². The van der Waals surface area contributed by atoms with Gasteiger partial charge in [0.05, 0.1) is 13.3 Å². The molecule has 4 rings (SSSR count). The summed E-state index contributed by atoms with van der Waals surface area (Å²) in [5, 5.41) is 4.30. The third-order valence-corrected chi connectivity index (χ3v) is 5.73. The van der Waals surface area contributed by atoms with Crippen LogP contribution in [0.3, 0.4) is 0 Å². The number of nitrogens with zero attached hydrogens (tertiary/aromatic N) is 7. The van der Waals surface area contributed by atoms with Crippen molar-refractivity contribution < 1.29 is 23.5 Å². The number of amides is 2. The first-order valence-corrected chi connectivity index (χ1v) is 11.1. The molecule has 184 valence electrons. The molecule has 0 spiro atoms. The SMILES string of the molecule is COc1nc2cnc(C(=O)C(=O)N(C)C)n2nc1C(=O)N1CCCN(Cc2ccc(F)cc2)CC1. The minimum Gasteiger partial charge on any atom is -0.479 e. The van der Waals surface area contributed by atoms with Crippen molar-refractivity contribution in [3.8, 4) is 5.88 Å². The fourth-order valence-electron chi connectivity index (χ4n) is 3.87. The van der Waals surface area contributed by atoms with Crippen molar-refractivity contribution in [2.75, 3.05) is 47.4 Å². The van der Waals surface area contributed by atoms with E-state index in [1.54, 1.807) is 17.0 Å². The molecule has 2 aromatic heterocycles. The predicted molar refractivity (Wildman–Crippen MR) is 123 cm³/mol. The molecule has 12 heteroatoms. The first-order chi connectivity index (χ1) is 16.8. The normalized spacial score (nSPS) is 14.6. The standard InChI is InChI=1S/C23H26FN7O4/c1-28(2)23(34)19(32)20-25-13-17-26-21(35-3)18(27-31(17)20)22(33)30-10-4-9-29(11-12-30)14-15-5-7-16(24)8-6-15/h5-8,13H,4,9-12,14H2,1-3H3.